The molecule has 16 heavy (non-hydrogen) atoms. The van der Waals surface area contributed by atoms with Crippen molar-refractivity contribution in [2.45, 2.75) is 6.54 Å². The van der Waals surface area contributed by atoms with Crippen LogP contribution in [0.1, 0.15) is 11.3 Å². The summed E-state index contributed by atoms with van der Waals surface area (Å²) in [6.45, 7) is 0.696. The van der Waals surface area contributed by atoms with Crippen LogP contribution in [0.4, 0.5) is 0 Å². The minimum absolute atomic E-state index is 0.317. The molecule has 0 aliphatic rings. The van der Waals surface area contributed by atoms with Crippen LogP contribution < -0.4 is 5.73 Å². The second kappa shape index (κ2) is 4.88. The zero-order valence-electron chi connectivity index (χ0n) is 8.30. The Morgan fingerprint density at radius 2 is 2.38 bits per heavy atom. The van der Waals surface area contributed by atoms with Crippen molar-refractivity contribution >= 4 is 39.8 Å². The molecule has 2 aromatic heterocycles. The Morgan fingerprint density at radius 1 is 1.56 bits per heavy atom. The Morgan fingerprint density at radius 3 is 3.00 bits per heavy atom. The lowest BCUT2D eigenvalue weighted by atomic mass is 10.2. The predicted molar refractivity (Wildman–Crippen MR) is 74.2 cm³/mol. The van der Waals surface area contributed by atoms with Crippen LogP contribution in [0, 0.1) is 3.57 Å². The SMILES string of the molecule is NC(=S)c1cc(Cn2cc(I)cn2)ccn1. The van der Waals surface area contributed by atoms with E-state index in [0.717, 1.165) is 9.13 Å². The van der Waals surface area contributed by atoms with Crippen molar-refractivity contribution in [2.24, 2.45) is 5.73 Å². The lowest BCUT2D eigenvalue weighted by Crippen LogP contribution is -2.12. The van der Waals surface area contributed by atoms with Crippen LogP contribution in [-0.2, 0) is 6.54 Å². The first kappa shape index (κ1) is 11.5. The first-order valence-corrected chi connectivity index (χ1v) is 6.06. The molecule has 0 saturated carbocycles. The maximum Gasteiger partial charge on any atom is 0.122 e. The van der Waals surface area contributed by atoms with Gasteiger partial charge in [-0.2, -0.15) is 5.10 Å². The molecule has 2 rings (SSSR count). The van der Waals surface area contributed by atoms with Crippen molar-refractivity contribution in [3.05, 3.63) is 45.6 Å². The van der Waals surface area contributed by atoms with Crippen molar-refractivity contribution in [3.63, 3.8) is 0 Å². The van der Waals surface area contributed by atoms with Crippen LogP contribution in [0.5, 0.6) is 0 Å². The number of hydrogen-bond acceptors (Lipinski definition) is 3. The molecular formula is C10H9IN4S. The van der Waals surface area contributed by atoms with Gasteiger partial charge in [-0.15, -0.1) is 0 Å². The van der Waals surface area contributed by atoms with Gasteiger partial charge in [-0.3, -0.25) is 9.67 Å². The smallest absolute Gasteiger partial charge is 0.122 e. The van der Waals surface area contributed by atoms with E-state index in [2.05, 4.69) is 32.7 Å². The van der Waals surface area contributed by atoms with Gasteiger partial charge in [-0.05, 0) is 40.3 Å². The molecule has 2 N–H and O–H groups in total. The molecule has 0 amide bonds. The first-order chi connectivity index (χ1) is 7.65. The minimum Gasteiger partial charge on any atom is -0.388 e. The lowest BCUT2D eigenvalue weighted by molar-refractivity contribution is 0.685. The second-order valence-electron chi connectivity index (χ2n) is 3.27. The number of nitrogens with two attached hydrogens (primary N) is 1. The van der Waals surface area contributed by atoms with Crippen LogP contribution in [-0.4, -0.2) is 19.8 Å². The Labute approximate surface area is 112 Å². The summed E-state index contributed by atoms with van der Waals surface area (Å²) in [7, 11) is 0. The molecule has 6 heteroatoms. The van der Waals surface area contributed by atoms with Crippen LogP contribution in [0.2, 0.25) is 0 Å². The summed E-state index contributed by atoms with van der Waals surface area (Å²) in [4.78, 5) is 4.40. The quantitative estimate of drug-likeness (QED) is 0.678. The Balaban J connectivity index is 2.21. The molecule has 0 aliphatic carbocycles. The molecule has 0 radical (unpaired) electrons. The molecule has 0 unspecified atom stereocenters. The fourth-order valence-electron chi connectivity index (χ4n) is 1.32. The van der Waals surface area contributed by atoms with Crippen molar-refractivity contribution in [1.82, 2.24) is 14.8 Å². The second-order valence-corrected chi connectivity index (χ2v) is 4.96. The van der Waals surface area contributed by atoms with Gasteiger partial charge in [0, 0.05) is 12.4 Å². The van der Waals surface area contributed by atoms with Crippen LogP contribution in [0.15, 0.2) is 30.7 Å². The number of pyridine rings is 1. The molecule has 2 aromatic rings. The molecule has 0 aliphatic heterocycles. The largest absolute Gasteiger partial charge is 0.388 e. The summed E-state index contributed by atoms with van der Waals surface area (Å²) in [5.74, 6) is 0. The fourth-order valence-corrected chi connectivity index (χ4v) is 1.88. The van der Waals surface area contributed by atoms with Crippen molar-refractivity contribution < 1.29 is 0 Å². The number of thiocarbonyl (C=S) groups is 1. The third-order valence-corrected chi connectivity index (χ3v) is 2.79. The normalized spacial score (nSPS) is 10.3. The number of aromatic nitrogens is 3. The Kier molecular flexibility index (Phi) is 3.49. The van der Waals surface area contributed by atoms with Gasteiger partial charge < -0.3 is 5.73 Å². The standard InChI is InChI=1S/C10H9IN4S/c11-8-4-14-15(6-8)5-7-1-2-13-9(3-7)10(12)16/h1-4,6H,5H2,(H2,12,16). The molecule has 2 heterocycles. The molecule has 0 fully saturated rings. The molecule has 0 spiro atoms. The third kappa shape index (κ3) is 2.76. The van der Waals surface area contributed by atoms with Gasteiger partial charge in [0.15, 0.2) is 0 Å². The van der Waals surface area contributed by atoms with Crippen LogP contribution in [0.25, 0.3) is 0 Å². The highest BCUT2D eigenvalue weighted by atomic mass is 127. The highest BCUT2D eigenvalue weighted by molar-refractivity contribution is 14.1. The number of rotatable bonds is 3. The Hall–Kier alpha value is -1.02. The zero-order valence-corrected chi connectivity index (χ0v) is 11.3. The summed E-state index contributed by atoms with van der Waals surface area (Å²) in [5.41, 5.74) is 7.25. The average Bonchev–Trinajstić information content (AvgIpc) is 2.64. The van der Waals surface area contributed by atoms with E-state index >= 15 is 0 Å². The van der Waals surface area contributed by atoms with Gasteiger partial charge in [0.1, 0.15) is 4.99 Å². The molecular weight excluding hydrogens is 335 g/mol. The van der Waals surface area contributed by atoms with Gasteiger partial charge in [-0.25, -0.2) is 0 Å². The lowest BCUT2D eigenvalue weighted by Gasteiger charge is -2.03. The van der Waals surface area contributed by atoms with E-state index in [1.165, 1.54) is 0 Å². The predicted octanol–water partition coefficient (Wildman–Crippen LogP) is 1.57. The van der Waals surface area contributed by atoms with E-state index in [0.29, 0.717) is 17.2 Å². The number of nitrogens with zero attached hydrogens (tertiary/aromatic N) is 3. The van der Waals surface area contributed by atoms with Gasteiger partial charge in [0.25, 0.3) is 0 Å². The van der Waals surface area contributed by atoms with Gasteiger partial charge in [0.2, 0.25) is 0 Å². The van der Waals surface area contributed by atoms with E-state index in [-0.39, 0.29) is 0 Å². The minimum atomic E-state index is 0.317. The molecule has 0 atom stereocenters. The highest BCUT2D eigenvalue weighted by Gasteiger charge is 2.01. The number of halogens is 1. The van der Waals surface area contributed by atoms with E-state index in [1.54, 1.807) is 6.20 Å². The average molecular weight is 344 g/mol. The monoisotopic (exact) mass is 344 g/mol. The van der Waals surface area contributed by atoms with E-state index in [1.807, 2.05) is 29.2 Å². The van der Waals surface area contributed by atoms with Gasteiger partial charge >= 0.3 is 0 Å². The number of hydrogen-bond donors (Lipinski definition) is 1. The van der Waals surface area contributed by atoms with E-state index in [4.69, 9.17) is 18.0 Å². The molecule has 4 nitrogen and oxygen atoms in total. The van der Waals surface area contributed by atoms with E-state index in [9.17, 15) is 0 Å². The summed E-state index contributed by atoms with van der Waals surface area (Å²) >= 11 is 7.11. The van der Waals surface area contributed by atoms with Crippen LogP contribution in [0.3, 0.4) is 0 Å². The summed E-state index contributed by atoms with van der Waals surface area (Å²) in [6.07, 6.45) is 5.50. The topological polar surface area (TPSA) is 56.7 Å². The summed E-state index contributed by atoms with van der Waals surface area (Å²) in [5, 5.41) is 4.21. The maximum absolute atomic E-state index is 5.53. The first-order valence-electron chi connectivity index (χ1n) is 4.58. The Bertz CT molecular complexity index is 523. The van der Waals surface area contributed by atoms with E-state index < -0.39 is 0 Å². The van der Waals surface area contributed by atoms with Crippen molar-refractivity contribution in [2.75, 3.05) is 0 Å². The summed E-state index contributed by atoms with van der Waals surface area (Å²) in [6, 6.07) is 3.81. The fraction of sp³-hybridized carbons (Fsp3) is 0.100. The van der Waals surface area contributed by atoms with Crippen molar-refractivity contribution in [3.8, 4) is 0 Å². The third-order valence-electron chi connectivity index (χ3n) is 2.02. The zero-order chi connectivity index (χ0) is 11.5. The molecule has 0 saturated heterocycles. The van der Waals surface area contributed by atoms with Crippen molar-refractivity contribution in [1.29, 1.82) is 0 Å². The molecule has 0 bridgehead atoms. The highest BCUT2D eigenvalue weighted by Crippen LogP contribution is 2.06. The maximum atomic E-state index is 5.53. The van der Waals surface area contributed by atoms with Crippen LogP contribution >= 0.6 is 34.8 Å². The van der Waals surface area contributed by atoms with Gasteiger partial charge in [-0.1, -0.05) is 12.2 Å². The molecule has 82 valence electrons. The molecule has 0 aromatic carbocycles. The van der Waals surface area contributed by atoms with Gasteiger partial charge in [0.05, 0.1) is 22.0 Å². The summed E-state index contributed by atoms with van der Waals surface area (Å²) < 4.78 is 2.97.